The maximum atomic E-state index is 13.0. The van der Waals surface area contributed by atoms with Crippen LogP contribution in [0.4, 0.5) is 9.93 Å². The van der Waals surface area contributed by atoms with Gasteiger partial charge in [-0.2, -0.15) is 0 Å². The molecule has 8 heteroatoms. The van der Waals surface area contributed by atoms with Crippen LogP contribution in [0.15, 0.2) is 48.5 Å². The third-order valence-electron chi connectivity index (χ3n) is 5.27. The Morgan fingerprint density at radius 1 is 1.23 bits per heavy atom. The number of ether oxygens (including phenoxy) is 1. The van der Waals surface area contributed by atoms with E-state index in [2.05, 4.69) is 27.6 Å². The second-order valence-electron chi connectivity index (χ2n) is 7.13. The first kappa shape index (κ1) is 20.3. The van der Waals surface area contributed by atoms with Gasteiger partial charge in [-0.05, 0) is 41.7 Å². The molecule has 30 heavy (non-hydrogen) atoms. The van der Waals surface area contributed by atoms with Crippen molar-refractivity contribution in [2.24, 2.45) is 0 Å². The second-order valence-corrected chi connectivity index (χ2v) is 8.19. The molecule has 2 amide bonds. The molecule has 0 spiro atoms. The SMILES string of the molecule is COc1ccc(Cc2nnc(NC(=O)N(CCO)[C@H]3CCc4ccccc43)s2)cc1. The topological polar surface area (TPSA) is 87.6 Å². The molecule has 3 aromatic rings. The van der Waals surface area contributed by atoms with E-state index in [0.717, 1.165) is 34.7 Å². The van der Waals surface area contributed by atoms with Crippen LogP contribution in [0.5, 0.6) is 5.75 Å². The highest BCUT2D eigenvalue weighted by Gasteiger charge is 2.31. The van der Waals surface area contributed by atoms with Crippen molar-refractivity contribution in [3.05, 3.63) is 70.2 Å². The van der Waals surface area contributed by atoms with Crippen LogP contribution in [0.1, 0.15) is 34.2 Å². The number of carbonyl (C=O) groups is 1. The van der Waals surface area contributed by atoms with E-state index >= 15 is 0 Å². The first-order valence-corrected chi connectivity index (χ1v) is 10.7. The number of fused-ring (bicyclic) bond motifs is 1. The summed E-state index contributed by atoms with van der Waals surface area (Å²) in [5.74, 6) is 0.807. The lowest BCUT2D eigenvalue weighted by Crippen LogP contribution is -2.39. The van der Waals surface area contributed by atoms with Crippen LogP contribution >= 0.6 is 11.3 Å². The summed E-state index contributed by atoms with van der Waals surface area (Å²) in [6.07, 6.45) is 2.42. The normalized spacial score (nSPS) is 14.9. The summed E-state index contributed by atoms with van der Waals surface area (Å²) >= 11 is 1.36. The van der Waals surface area contributed by atoms with Crippen molar-refractivity contribution >= 4 is 22.5 Å². The highest BCUT2D eigenvalue weighted by atomic mass is 32.1. The van der Waals surface area contributed by atoms with Crippen molar-refractivity contribution in [2.75, 3.05) is 25.6 Å². The molecule has 7 nitrogen and oxygen atoms in total. The highest BCUT2D eigenvalue weighted by Crippen LogP contribution is 2.36. The number of anilines is 1. The number of rotatable bonds is 7. The summed E-state index contributed by atoms with van der Waals surface area (Å²) in [5.41, 5.74) is 3.50. The van der Waals surface area contributed by atoms with Crippen molar-refractivity contribution in [1.29, 1.82) is 0 Å². The van der Waals surface area contributed by atoms with Crippen LogP contribution in [0.2, 0.25) is 0 Å². The Hall–Kier alpha value is -2.97. The molecular formula is C22H24N4O3S. The molecule has 0 aliphatic heterocycles. The molecule has 2 N–H and O–H groups in total. The molecule has 0 fully saturated rings. The maximum Gasteiger partial charge on any atom is 0.324 e. The van der Waals surface area contributed by atoms with Gasteiger partial charge in [-0.25, -0.2) is 4.79 Å². The number of hydrogen-bond donors (Lipinski definition) is 2. The van der Waals surface area contributed by atoms with Crippen molar-refractivity contribution in [3.8, 4) is 5.75 Å². The van der Waals surface area contributed by atoms with Crippen molar-refractivity contribution < 1.29 is 14.6 Å². The molecule has 2 aromatic carbocycles. The molecule has 1 aliphatic carbocycles. The van der Waals surface area contributed by atoms with Gasteiger partial charge in [0.2, 0.25) is 5.13 Å². The average molecular weight is 425 g/mol. The minimum atomic E-state index is -0.266. The third kappa shape index (κ3) is 4.44. The summed E-state index contributed by atoms with van der Waals surface area (Å²) in [6, 6.07) is 15.6. The van der Waals surface area contributed by atoms with Crippen LogP contribution in [-0.4, -0.2) is 46.5 Å². The van der Waals surface area contributed by atoms with Crippen molar-refractivity contribution in [1.82, 2.24) is 15.1 Å². The molecule has 1 heterocycles. The zero-order valence-corrected chi connectivity index (χ0v) is 17.6. The smallest absolute Gasteiger partial charge is 0.324 e. The largest absolute Gasteiger partial charge is 0.497 e. The molecule has 0 saturated carbocycles. The van der Waals surface area contributed by atoms with Gasteiger partial charge in [-0.1, -0.05) is 47.7 Å². The molecule has 1 aliphatic rings. The molecule has 1 atom stereocenters. The quantitative estimate of drug-likeness (QED) is 0.605. The summed E-state index contributed by atoms with van der Waals surface area (Å²) in [5, 5.41) is 22.0. The van der Waals surface area contributed by atoms with Crippen molar-refractivity contribution in [3.63, 3.8) is 0 Å². The fourth-order valence-corrected chi connectivity index (χ4v) is 4.59. The van der Waals surface area contributed by atoms with Gasteiger partial charge in [0, 0.05) is 13.0 Å². The molecule has 1 aromatic heterocycles. The van der Waals surface area contributed by atoms with Gasteiger partial charge >= 0.3 is 6.03 Å². The Kier molecular flexibility index (Phi) is 6.25. The Labute approximate surface area is 179 Å². The number of aliphatic hydroxyl groups excluding tert-OH is 1. The molecular weight excluding hydrogens is 400 g/mol. The van der Waals surface area contributed by atoms with Crippen LogP contribution in [0.25, 0.3) is 0 Å². The van der Waals surface area contributed by atoms with E-state index in [4.69, 9.17) is 4.74 Å². The number of carbonyl (C=O) groups excluding carboxylic acids is 1. The summed E-state index contributed by atoms with van der Waals surface area (Å²) in [7, 11) is 1.64. The lowest BCUT2D eigenvalue weighted by molar-refractivity contribution is 0.162. The third-order valence-corrected chi connectivity index (χ3v) is 6.11. The van der Waals surface area contributed by atoms with E-state index in [1.165, 1.54) is 16.9 Å². The van der Waals surface area contributed by atoms with E-state index < -0.39 is 0 Å². The second kappa shape index (κ2) is 9.23. The highest BCUT2D eigenvalue weighted by molar-refractivity contribution is 7.15. The average Bonchev–Trinajstić information content (AvgIpc) is 3.39. The number of aliphatic hydroxyl groups is 1. The number of nitrogens with one attached hydrogen (secondary N) is 1. The monoisotopic (exact) mass is 424 g/mol. The van der Waals surface area contributed by atoms with E-state index in [9.17, 15) is 9.90 Å². The van der Waals surface area contributed by atoms with E-state index in [0.29, 0.717) is 11.6 Å². The molecule has 4 rings (SSSR count). The number of methoxy groups -OCH3 is 1. The number of aromatic nitrogens is 2. The minimum Gasteiger partial charge on any atom is -0.497 e. The standard InChI is InChI=1S/C22H24N4O3S/c1-29-17-9-6-15(7-10-17)14-20-24-25-21(30-20)23-22(28)26(12-13-27)19-11-8-16-4-2-3-5-18(16)19/h2-7,9-10,19,27H,8,11-14H2,1H3,(H,23,25,28)/t19-/m0/s1. The van der Waals surface area contributed by atoms with Crippen LogP contribution in [-0.2, 0) is 12.8 Å². The van der Waals surface area contributed by atoms with Gasteiger partial charge in [-0.3, -0.25) is 5.32 Å². The summed E-state index contributed by atoms with van der Waals surface area (Å²) in [6.45, 7) is 0.174. The van der Waals surface area contributed by atoms with Crippen molar-refractivity contribution in [2.45, 2.75) is 25.3 Å². The van der Waals surface area contributed by atoms with Gasteiger partial charge in [0.05, 0.1) is 19.8 Å². The number of benzene rings is 2. The minimum absolute atomic E-state index is 0.0416. The zero-order valence-electron chi connectivity index (χ0n) is 16.7. The molecule has 0 unspecified atom stereocenters. The summed E-state index contributed by atoms with van der Waals surface area (Å²) in [4.78, 5) is 14.7. The number of amides is 2. The lowest BCUT2D eigenvalue weighted by Gasteiger charge is -2.28. The summed E-state index contributed by atoms with van der Waals surface area (Å²) < 4.78 is 5.18. The van der Waals surface area contributed by atoms with Gasteiger partial charge in [0.1, 0.15) is 10.8 Å². The fourth-order valence-electron chi connectivity index (χ4n) is 3.82. The number of hydrogen-bond acceptors (Lipinski definition) is 6. The van der Waals surface area contributed by atoms with Crippen LogP contribution < -0.4 is 10.1 Å². The molecule has 0 radical (unpaired) electrons. The Morgan fingerprint density at radius 3 is 2.80 bits per heavy atom. The molecule has 0 bridgehead atoms. The number of aryl methyl sites for hydroxylation is 1. The van der Waals surface area contributed by atoms with Crippen LogP contribution in [0.3, 0.4) is 0 Å². The Balaban J connectivity index is 1.43. The van der Waals surface area contributed by atoms with Crippen LogP contribution in [0, 0.1) is 0 Å². The van der Waals surface area contributed by atoms with Gasteiger partial charge < -0.3 is 14.7 Å². The maximum absolute atomic E-state index is 13.0. The van der Waals surface area contributed by atoms with E-state index in [1.807, 2.05) is 36.4 Å². The van der Waals surface area contributed by atoms with Gasteiger partial charge in [0.15, 0.2) is 0 Å². The number of urea groups is 1. The fraction of sp³-hybridized carbons (Fsp3) is 0.318. The number of nitrogens with zero attached hydrogens (tertiary/aromatic N) is 3. The lowest BCUT2D eigenvalue weighted by atomic mass is 10.1. The molecule has 0 saturated heterocycles. The van der Waals surface area contributed by atoms with Gasteiger partial charge in [0.25, 0.3) is 0 Å². The van der Waals surface area contributed by atoms with E-state index in [-0.39, 0.29) is 25.2 Å². The van der Waals surface area contributed by atoms with E-state index in [1.54, 1.807) is 12.0 Å². The van der Waals surface area contributed by atoms with Gasteiger partial charge in [-0.15, -0.1) is 10.2 Å². The molecule has 156 valence electrons. The zero-order chi connectivity index (χ0) is 20.9. The first-order chi connectivity index (χ1) is 14.7. The predicted molar refractivity (Wildman–Crippen MR) is 116 cm³/mol. The Bertz CT molecular complexity index is 1010. The first-order valence-electron chi connectivity index (χ1n) is 9.89. The predicted octanol–water partition coefficient (Wildman–Crippen LogP) is 3.65. The Morgan fingerprint density at radius 2 is 2.03 bits per heavy atom.